The Morgan fingerprint density at radius 3 is 2.57 bits per heavy atom. The molecule has 0 saturated heterocycles. The molecule has 0 unspecified atom stereocenters. The molecule has 3 rings (SSSR count). The molecule has 1 aliphatic rings. The molecular weight excluding hydrogens is 316 g/mol. The fourth-order valence-electron chi connectivity index (χ4n) is 2.99. The van der Waals surface area contributed by atoms with Gasteiger partial charge < -0.3 is 10.1 Å². The first-order valence-electron chi connectivity index (χ1n) is 7.49. The van der Waals surface area contributed by atoms with Crippen molar-refractivity contribution >= 4 is 16.0 Å². The van der Waals surface area contributed by atoms with Crippen molar-refractivity contribution < 1.29 is 18.3 Å². The van der Waals surface area contributed by atoms with Crippen LogP contribution < -0.4 is 4.72 Å². The second-order valence-electron chi connectivity index (χ2n) is 5.59. The molecule has 7 heteroatoms. The molecular formula is C16H18N2O4S. The molecule has 0 saturated carbocycles. The number of hydrogen-bond acceptors (Lipinski definition) is 3. The highest BCUT2D eigenvalue weighted by atomic mass is 32.2. The number of H-pyrrole nitrogens is 1. The fourth-order valence-corrected chi connectivity index (χ4v) is 4.00. The summed E-state index contributed by atoms with van der Waals surface area (Å²) in [5, 5.41) is 9.46. The number of rotatable bonds is 5. The Balaban J connectivity index is 1.86. The van der Waals surface area contributed by atoms with E-state index < -0.39 is 16.0 Å². The van der Waals surface area contributed by atoms with Crippen LogP contribution in [0.15, 0.2) is 35.2 Å². The molecule has 1 heterocycles. The van der Waals surface area contributed by atoms with Gasteiger partial charge >= 0.3 is 5.97 Å². The maximum Gasteiger partial charge on any atom is 0.337 e. The molecule has 0 spiro atoms. The number of sulfonamides is 1. The van der Waals surface area contributed by atoms with Crippen molar-refractivity contribution in [3.63, 3.8) is 0 Å². The predicted molar refractivity (Wildman–Crippen MR) is 84.9 cm³/mol. The standard InChI is InChI=1S/C16H18N2O4S/c19-16(20)15-12-8-4-5-9-13(12)18-14(15)10-17-23(21,22)11-6-2-1-3-7-11/h1-3,6-7,17-18H,4-5,8-10H2,(H,19,20). The lowest BCUT2D eigenvalue weighted by Crippen LogP contribution is -2.24. The molecule has 0 aliphatic heterocycles. The zero-order valence-corrected chi connectivity index (χ0v) is 13.3. The largest absolute Gasteiger partial charge is 0.478 e. The molecule has 1 aliphatic carbocycles. The molecule has 0 radical (unpaired) electrons. The summed E-state index contributed by atoms with van der Waals surface area (Å²) in [4.78, 5) is 14.8. The van der Waals surface area contributed by atoms with Gasteiger partial charge in [0.25, 0.3) is 0 Å². The van der Waals surface area contributed by atoms with Crippen LogP contribution in [0, 0.1) is 0 Å². The van der Waals surface area contributed by atoms with Crippen molar-refractivity contribution in [3.05, 3.63) is 52.8 Å². The van der Waals surface area contributed by atoms with Gasteiger partial charge in [-0.25, -0.2) is 17.9 Å². The van der Waals surface area contributed by atoms with Crippen LogP contribution >= 0.6 is 0 Å². The molecule has 122 valence electrons. The third-order valence-corrected chi connectivity index (χ3v) is 5.50. The fraction of sp³-hybridized carbons (Fsp3) is 0.312. The van der Waals surface area contributed by atoms with E-state index in [2.05, 4.69) is 9.71 Å². The van der Waals surface area contributed by atoms with E-state index in [-0.39, 0.29) is 17.0 Å². The van der Waals surface area contributed by atoms with Crippen molar-refractivity contribution in [1.82, 2.24) is 9.71 Å². The number of benzene rings is 1. The summed E-state index contributed by atoms with van der Waals surface area (Å²) in [5.74, 6) is -1.02. The van der Waals surface area contributed by atoms with E-state index in [9.17, 15) is 18.3 Å². The number of aryl methyl sites for hydroxylation is 1. The highest BCUT2D eigenvalue weighted by Gasteiger charge is 2.25. The molecule has 23 heavy (non-hydrogen) atoms. The molecule has 0 atom stereocenters. The summed E-state index contributed by atoms with van der Waals surface area (Å²) < 4.78 is 27.0. The molecule has 1 aromatic heterocycles. The first-order valence-corrected chi connectivity index (χ1v) is 8.98. The van der Waals surface area contributed by atoms with Crippen LogP contribution in [0.4, 0.5) is 0 Å². The van der Waals surface area contributed by atoms with Crippen LogP contribution in [0.25, 0.3) is 0 Å². The van der Waals surface area contributed by atoms with Crippen LogP contribution in [0.3, 0.4) is 0 Å². The average molecular weight is 334 g/mol. The smallest absolute Gasteiger partial charge is 0.337 e. The van der Waals surface area contributed by atoms with E-state index in [0.29, 0.717) is 5.69 Å². The lowest BCUT2D eigenvalue weighted by atomic mass is 9.94. The highest BCUT2D eigenvalue weighted by molar-refractivity contribution is 7.89. The van der Waals surface area contributed by atoms with Crippen molar-refractivity contribution in [3.8, 4) is 0 Å². The zero-order chi connectivity index (χ0) is 16.4. The molecule has 0 fully saturated rings. The minimum absolute atomic E-state index is 0.0636. The minimum Gasteiger partial charge on any atom is -0.478 e. The van der Waals surface area contributed by atoms with Crippen molar-refractivity contribution in [2.24, 2.45) is 0 Å². The van der Waals surface area contributed by atoms with Crippen LogP contribution in [-0.2, 0) is 29.4 Å². The second kappa shape index (κ2) is 6.17. The van der Waals surface area contributed by atoms with Gasteiger partial charge in [0, 0.05) is 11.4 Å². The Labute approximate surface area is 134 Å². The maximum atomic E-state index is 12.3. The molecule has 1 aromatic carbocycles. The zero-order valence-electron chi connectivity index (χ0n) is 12.5. The lowest BCUT2D eigenvalue weighted by Gasteiger charge is -2.10. The molecule has 0 amide bonds. The van der Waals surface area contributed by atoms with Crippen LogP contribution in [0.5, 0.6) is 0 Å². The van der Waals surface area contributed by atoms with Gasteiger partial charge in [-0.2, -0.15) is 0 Å². The van der Waals surface area contributed by atoms with Gasteiger partial charge in [-0.15, -0.1) is 0 Å². The first-order chi connectivity index (χ1) is 11.0. The number of carbonyl (C=O) groups is 1. The summed E-state index contributed by atoms with van der Waals surface area (Å²) in [6.45, 7) is -0.0636. The topological polar surface area (TPSA) is 99.3 Å². The normalized spacial score (nSPS) is 14.4. The average Bonchev–Trinajstić information content (AvgIpc) is 2.92. The molecule has 3 N–H and O–H groups in total. The quantitative estimate of drug-likeness (QED) is 0.779. The summed E-state index contributed by atoms with van der Waals surface area (Å²) in [5.41, 5.74) is 2.37. The van der Waals surface area contributed by atoms with Gasteiger partial charge in [0.15, 0.2) is 0 Å². The number of nitrogens with one attached hydrogen (secondary N) is 2. The Hall–Kier alpha value is -2.12. The van der Waals surface area contributed by atoms with E-state index in [1.165, 1.54) is 12.1 Å². The first kappa shape index (κ1) is 15.8. The predicted octanol–water partition coefficient (Wildman–Crippen LogP) is 2.07. The third kappa shape index (κ3) is 3.16. The van der Waals surface area contributed by atoms with Gasteiger partial charge in [-0.3, -0.25) is 0 Å². The van der Waals surface area contributed by atoms with Crippen LogP contribution in [0.2, 0.25) is 0 Å². The van der Waals surface area contributed by atoms with Gasteiger partial charge in [0.2, 0.25) is 10.0 Å². The van der Waals surface area contributed by atoms with E-state index in [4.69, 9.17) is 0 Å². The summed E-state index contributed by atoms with van der Waals surface area (Å²) in [7, 11) is -3.67. The number of carboxylic acids is 1. The molecule has 2 aromatic rings. The van der Waals surface area contributed by atoms with Gasteiger partial charge in [0.05, 0.1) is 17.0 Å². The summed E-state index contributed by atoms with van der Waals surface area (Å²) >= 11 is 0. The molecule has 0 bridgehead atoms. The lowest BCUT2D eigenvalue weighted by molar-refractivity contribution is 0.0694. The SMILES string of the molecule is O=C(O)c1c(CNS(=O)(=O)c2ccccc2)[nH]c2c1CCCC2. The van der Waals surface area contributed by atoms with E-state index in [1.54, 1.807) is 18.2 Å². The van der Waals surface area contributed by atoms with E-state index in [0.717, 1.165) is 36.9 Å². The number of fused-ring (bicyclic) bond motifs is 1. The Morgan fingerprint density at radius 1 is 1.17 bits per heavy atom. The maximum absolute atomic E-state index is 12.3. The third-order valence-electron chi connectivity index (χ3n) is 4.08. The second-order valence-corrected chi connectivity index (χ2v) is 7.35. The minimum atomic E-state index is -3.67. The van der Waals surface area contributed by atoms with Crippen molar-refractivity contribution in [2.45, 2.75) is 37.1 Å². The number of carboxylic acid groups (broad SMARTS) is 1. The summed E-state index contributed by atoms with van der Waals surface area (Å²) in [6.07, 6.45) is 3.50. The van der Waals surface area contributed by atoms with Crippen molar-refractivity contribution in [2.75, 3.05) is 0 Å². The van der Waals surface area contributed by atoms with Crippen molar-refractivity contribution in [1.29, 1.82) is 0 Å². The number of hydrogen-bond donors (Lipinski definition) is 3. The van der Waals surface area contributed by atoms with Crippen LogP contribution in [-0.4, -0.2) is 24.5 Å². The molecule has 6 nitrogen and oxygen atoms in total. The monoisotopic (exact) mass is 334 g/mol. The highest BCUT2D eigenvalue weighted by Crippen LogP contribution is 2.27. The number of aromatic nitrogens is 1. The number of aromatic amines is 1. The Bertz CT molecular complexity index is 825. The Morgan fingerprint density at radius 2 is 1.87 bits per heavy atom. The van der Waals surface area contributed by atoms with Gasteiger partial charge in [-0.05, 0) is 43.4 Å². The van der Waals surface area contributed by atoms with Gasteiger partial charge in [-0.1, -0.05) is 18.2 Å². The Kier molecular flexibility index (Phi) is 4.23. The van der Waals surface area contributed by atoms with E-state index >= 15 is 0 Å². The number of aromatic carboxylic acids is 1. The van der Waals surface area contributed by atoms with Gasteiger partial charge in [0.1, 0.15) is 0 Å². The summed E-state index contributed by atoms with van der Waals surface area (Å²) in [6, 6.07) is 8.02. The van der Waals surface area contributed by atoms with Crippen LogP contribution in [0.1, 0.15) is 40.2 Å². The van der Waals surface area contributed by atoms with E-state index in [1.807, 2.05) is 0 Å².